The minimum absolute atomic E-state index is 0.130. The molecule has 1 fully saturated rings. The highest BCUT2D eigenvalue weighted by Gasteiger charge is 2.36. The van der Waals surface area contributed by atoms with E-state index >= 15 is 0 Å². The summed E-state index contributed by atoms with van der Waals surface area (Å²) in [7, 11) is 0. The van der Waals surface area contributed by atoms with Crippen molar-refractivity contribution in [2.75, 3.05) is 0 Å². The summed E-state index contributed by atoms with van der Waals surface area (Å²) in [5.41, 5.74) is 0. The molecule has 0 unspecified atom stereocenters. The number of hydrogen-bond donors (Lipinski definition) is 0. The summed E-state index contributed by atoms with van der Waals surface area (Å²) < 4.78 is 25.2. The maximum Gasteiger partial charge on any atom is 0.248 e. The summed E-state index contributed by atoms with van der Waals surface area (Å²) in [6.45, 7) is 0.938. The molecule has 0 spiro atoms. The first kappa shape index (κ1) is 8.62. The van der Waals surface area contributed by atoms with E-state index < -0.39 is 11.8 Å². The van der Waals surface area contributed by atoms with E-state index in [1.807, 2.05) is 0 Å². The van der Waals surface area contributed by atoms with Crippen LogP contribution in [0.5, 0.6) is 0 Å². The third-order valence-electron chi connectivity index (χ3n) is 2.26. The van der Waals surface area contributed by atoms with Gasteiger partial charge in [-0.3, -0.25) is 4.79 Å². The second kappa shape index (κ2) is 2.88. The second-order valence-electron chi connectivity index (χ2n) is 3.27. The van der Waals surface area contributed by atoms with Gasteiger partial charge in [0.15, 0.2) is 0 Å². The van der Waals surface area contributed by atoms with Gasteiger partial charge in [-0.15, -0.1) is 0 Å². The molecule has 0 N–H and O–H groups in total. The maximum atomic E-state index is 12.6. The molecule has 1 saturated carbocycles. The molecule has 0 heterocycles. The van der Waals surface area contributed by atoms with Crippen molar-refractivity contribution in [2.24, 2.45) is 5.92 Å². The molecule has 0 saturated heterocycles. The van der Waals surface area contributed by atoms with Gasteiger partial charge in [-0.1, -0.05) is 0 Å². The van der Waals surface area contributed by atoms with Crippen molar-refractivity contribution in [1.82, 2.24) is 0 Å². The van der Waals surface area contributed by atoms with E-state index in [9.17, 15) is 13.6 Å². The van der Waals surface area contributed by atoms with Crippen LogP contribution in [0.2, 0.25) is 0 Å². The smallest absolute Gasteiger partial charge is 0.248 e. The van der Waals surface area contributed by atoms with Crippen LogP contribution in [0.4, 0.5) is 8.78 Å². The molecule has 0 bridgehead atoms. The predicted molar refractivity (Wildman–Crippen MR) is 37.6 cm³/mol. The zero-order chi connectivity index (χ0) is 8.48. The second-order valence-corrected chi connectivity index (χ2v) is 3.27. The van der Waals surface area contributed by atoms with Gasteiger partial charge in [0.1, 0.15) is 5.78 Å². The van der Waals surface area contributed by atoms with Crippen molar-refractivity contribution in [1.29, 1.82) is 0 Å². The summed E-state index contributed by atoms with van der Waals surface area (Å²) >= 11 is 0. The fourth-order valence-electron chi connectivity index (χ4n) is 1.45. The molecule has 0 atom stereocenters. The molecule has 0 aromatic carbocycles. The van der Waals surface area contributed by atoms with Crippen molar-refractivity contribution < 1.29 is 13.6 Å². The van der Waals surface area contributed by atoms with Crippen molar-refractivity contribution in [3.8, 4) is 0 Å². The number of halogens is 2. The molecular formula is C8H12F2O. The molecule has 0 amide bonds. The third kappa shape index (κ3) is 2.24. The lowest BCUT2D eigenvalue weighted by Crippen LogP contribution is -2.28. The Morgan fingerprint density at radius 1 is 1.36 bits per heavy atom. The van der Waals surface area contributed by atoms with Crippen LogP contribution in [0.1, 0.15) is 32.6 Å². The molecule has 1 aliphatic rings. The summed E-state index contributed by atoms with van der Waals surface area (Å²) in [6, 6.07) is 0. The number of carbonyl (C=O) groups excluding carboxylic acids is 1. The largest absolute Gasteiger partial charge is 0.300 e. The Labute approximate surface area is 64.8 Å². The van der Waals surface area contributed by atoms with Crippen LogP contribution in [0.15, 0.2) is 0 Å². The molecule has 3 heteroatoms. The van der Waals surface area contributed by atoms with E-state index in [-0.39, 0.29) is 5.78 Å². The zero-order valence-corrected chi connectivity index (χ0v) is 6.57. The van der Waals surface area contributed by atoms with Gasteiger partial charge in [-0.05, 0) is 19.8 Å². The van der Waals surface area contributed by atoms with Crippen LogP contribution < -0.4 is 0 Å². The molecule has 0 aromatic heterocycles. The van der Waals surface area contributed by atoms with Gasteiger partial charge in [0.25, 0.3) is 0 Å². The lowest BCUT2D eigenvalue weighted by Gasteiger charge is -2.26. The Morgan fingerprint density at radius 3 is 2.18 bits per heavy atom. The van der Waals surface area contributed by atoms with Crippen molar-refractivity contribution >= 4 is 5.78 Å². The number of rotatable bonds is 1. The zero-order valence-electron chi connectivity index (χ0n) is 6.57. The summed E-state index contributed by atoms with van der Waals surface area (Å²) in [4.78, 5) is 10.7. The van der Waals surface area contributed by atoms with Crippen molar-refractivity contribution in [3.05, 3.63) is 0 Å². The van der Waals surface area contributed by atoms with Crippen LogP contribution in [-0.2, 0) is 4.79 Å². The summed E-state index contributed by atoms with van der Waals surface area (Å²) in [5, 5.41) is 0. The lowest BCUT2D eigenvalue weighted by atomic mass is 9.85. The Balaban J connectivity index is 2.45. The highest BCUT2D eigenvalue weighted by molar-refractivity contribution is 5.79. The molecule has 1 rings (SSSR count). The van der Waals surface area contributed by atoms with Gasteiger partial charge in [-0.25, -0.2) is 8.78 Å². The third-order valence-corrected chi connectivity index (χ3v) is 2.26. The number of Topliss-reactive ketones (excluding diaryl/α,β-unsaturated/α-hetero) is 1. The van der Waals surface area contributed by atoms with Gasteiger partial charge < -0.3 is 0 Å². The van der Waals surface area contributed by atoms with E-state index in [1.165, 1.54) is 0 Å². The normalized spacial score (nSPS) is 22.3. The van der Waals surface area contributed by atoms with Gasteiger partial charge in [0.2, 0.25) is 5.92 Å². The average molecular weight is 162 g/mol. The monoisotopic (exact) mass is 162 g/mol. The van der Waals surface area contributed by atoms with Gasteiger partial charge in [0.05, 0.1) is 0 Å². The Kier molecular flexibility index (Phi) is 2.25. The number of alkyl halides is 2. The van der Waals surface area contributed by atoms with Gasteiger partial charge >= 0.3 is 0 Å². The Morgan fingerprint density at radius 2 is 1.82 bits per heavy atom. The van der Waals surface area contributed by atoms with E-state index in [2.05, 4.69) is 0 Å². The summed E-state index contributed by atoms with van der Waals surface area (Å²) in [6.07, 6.45) is 1.41. The molecule has 0 aromatic rings. The van der Waals surface area contributed by atoms with Crippen LogP contribution in [0.25, 0.3) is 0 Å². The van der Waals surface area contributed by atoms with E-state index in [4.69, 9.17) is 0 Å². The molecule has 0 aliphatic heterocycles. The van der Waals surface area contributed by atoms with Gasteiger partial charge in [-0.2, -0.15) is 0 Å². The highest BCUT2D eigenvalue weighted by atomic mass is 19.3. The Hall–Kier alpha value is -0.470. The predicted octanol–water partition coefficient (Wildman–Crippen LogP) is 2.40. The molecular weight excluding hydrogens is 150 g/mol. The van der Waals surface area contributed by atoms with Crippen molar-refractivity contribution in [2.45, 2.75) is 38.5 Å². The van der Waals surface area contributed by atoms with E-state index in [0.29, 0.717) is 25.7 Å². The topological polar surface area (TPSA) is 17.1 Å². The first-order valence-electron chi connectivity index (χ1n) is 3.89. The number of ketones is 1. The first-order chi connectivity index (χ1) is 5.00. The Bertz CT molecular complexity index is 150. The highest BCUT2D eigenvalue weighted by Crippen LogP contribution is 2.34. The number of carbonyl (C=O) groups is 1. The molecule has 1 nitrogen and oxygen atoms in total. The molecule has 0 radical (unpaired) electrons. The van der Waals surface area contributed by atoms with Crippen LogP contribution in [0, 0.1) is 5.92 Å². The maximum absolute atomic E-state index is 12.6. The SMILES string of the molecule is CC(F)(F)C1CCC(=O)CC1. The number of hydrogen-bond acceptors (Lipinski definition) is 1. The average Bonchev–Trinajstić information content (AvgIpc) is 1.86. The van der Waals surface area contributed by atoms with Crippen LogP contribution >= 0.6 is 0 Å². The van der Waals surface area contributed by atoms with Crippen molar-refractivity contribution in [3.63, 3.8) is 0 Å². The lowest BCUT2D eigenvalue weighted by molar-refractivity contribution is -0.124. The minimum Gasteiger partial charge on any atom is -0.300 e. The quantitative estimate of drug-likeness (QED) is 0.578. The molecule has 64 valence electrons. The van der Waals surface area contributed by atoms with E-state index in [1.54, 1.807) is 0 Å². The van der Waals surface area contributed by atoms with Gasteiger partial charge in [0, 0.05) is 18.8 Å². The van der Waals surface area contributed by atoms with E-state index in [0.717, 1.165) is 6.92 Å². The fraction of sp³-hybridized carbons (Fsp3) is 0.875. The minimum atomic E-state index is -2.60. The first-order valence-corrected chi connectivity index (χ1v) is 3.89. The standard InChI is InChI=1S/C8H12F2O/c1-8(9,10)6-2-4-7(11)5-3-6/h6H,2-5H2,1H3. The van der Waals surface area contributed by atoms with Crippen LogP contribution in [-0.4, -0.2) is 11.7 Å². The fourth-order valence-corrected chi connectivity index (χ4v) is 1.45. The molecule has 1 aliphatic carbocycles. The van der Waals surface area contributed by atoms with Crippen LogP contribution in [0.3, 0.4) is 0 Å². The molecule has 11 heavy (non-hydrogen) atoms. The summed E-state index contributed by atoms with van der Waals surface area (Å²) in [5.74, 6) is -3.04.